The highest BCUT2D eigenvalue weighted by atomic mass is 35.5. The van der Waals surface area contributed by atoms with Crippen LogP contribution in [-0.4, -0.2) is 20.9 Å². The van der Waals surface area contributed by atoms with Crippen LogP contribution in [0.25, 0.3) is 0 Å². The van der Waals surface area contributed by atoms with Crippen molar-refractivity contribution >= 4 is 33.2 Å². The van der Waals surface area contributed by atoms with E-state index in [-0.39, 0.29) is 28.6 Å². The maximum Gasteiger partial charge on any atom is 0.242 e. The van der Waals surface area contributed by atoms with E-state index in [0.717, 1.165) is 0 Å². The van der Waals surface area contributed by atoms with Crippen LogP contribution < -0.4 is 16.2 Å². The molecule has 0 aliphatic carbocycles. The molecule has 0 bridgehead atoms. The number of hydrogen-bond donors (Lipinski definition) is 3. The normalized spacial score (nSPS) is 11.4. The number of rotatable bonds is 5. The minimum absolute atomic E-state index is 0.0609. The lowest BCUT2D eigenvalue weighted by molar-refractivity contribution is -0.117. The molecule has 0 unspecified atom stereocenters. The molecule has 0 fully saturated rings. The van der Waals surface area contributed by atoms with Crippen molar-refractivity contribution < 1.29 is 13.2 Å². The first-order valence-corrected chi connectivity index (χ1v) is 6.52. The van der Waals surface area contributed by atoms with E-state index < -0.39 is 15.9 Å². The number of hydrogen-bond acceptors (Lipinski definition) is 4. The molecule has 0 aliphatic rings. The molecule has 17 heavy (non-hydrogen) atoms. The summed E-state index contributed by atoms with van der Waals surface area (Å²) in [5, 5.41) is 0.0609. The second-order valence-corrected chi connectivity index (χ2v) is 5.45. The Morgan fingerprint density at radius 3 is 2.65 bits per heavy atom. The number of nitrogens with two attached hydrogens (primary N) is 2. The van der Waals surface area contributed by atoms with E-state index in [1.807, 2.05) is 0 Å². The quantitative estimate of drug-likeness (QED) is 0.661. The zero-order valence-electron chi connectivity index (χ0n) is 8.81. The van der Waals surface area contributed by atoms with Crippen molar-refractivity contribution in [2.24, 2.45) is 5.73 Å². The van der Waals surface area contributed by atoms with Crippen molar-refractivity contribution in [3.05, 3.63) is 23.2 Å². The van der Waals surface area contributed by atoms with Crippen LogP contribution in [0.4, 0.5) is 5.69 Å². The van der Waals surface area contributed by atoms with Crippen LogP contribution in [0.15, 0.2) is 23.1 Å². The van der Waals surface area contributed by atoms with Crippen molar-refractivity contribution in [3.8, 4) is 0 Å². The summed E-state index contributed by atoms with van der Waals surface area (Å²) in [5.41, 5.74) is 10.7. The monoisotopic (exact) mass is 277 g/mol. The lowest BCUT2D eigenvalue weighted by Gasteiger charge is -2.08. The number of nitrogen functional groups attached to an aromatic ring is 1. The summed E-state index contributed by atoms with van der Waals surface area (Å²) < 4.78 is 25.8. The summed E-state index contributed by atoms with van der Waals surface area (Å²) in [5.74, 6) is -0.591. The smallest absolute Gasteiger partial charge is 0.242 e. The molecule has 0 aliphatic heterocycles. The number of anilines is 1. The second kappa shape index (κ2) is 5.35. The van der Waals surface area contributed by atoms with Gasteiger partial charge in [-0.05, 0) is 18.2 Å². The third kappa shape index (κ3) is 3.88. The van der Waals surface area contributed by atoms with E-state index in [2.05, 4.69) is 4.72 Å². The van der Waals surface area contributed by atoms with E-state index in [0.29, 0.717) is 0 Å². The van der Waals surface area contributed by atoms with Gasteiger partial charge in [-0.2, -0.15) is 0 Å². The van der Waals surface area contributed by atoms with Crippen molar-refractivity contribution in [1.82, 2.24) is 4.72 Å². The second-order valence-electron chi connectivity index (χ2n) is 3.30. The molecule has 0 saturated heterocycles. The maximum atomic E-state index is 11.8. The van der Waals surface area contributed by atoms with E-state index in [1.54, 1.807) is 0 Å². The fourth-order valence-corrected chi connectivity index (χ4v) is 2.68. The molecule has 8 heteroatoms. The van der Waals surface area contributed by atoms with Gasteiger partial charge in [-0.15, -0.1) is 0 Å². The predicted octanol–water partition coefficient (Wildman–Crippen LogP) is 0.0759. The van der Waals surface area contributed by atoms with Crippen LogP contribution in [0.5, 0.6) is 0 Å². The zero-order chi connectivity index (χ0) is 13.1. The van der Waals surface area contributed by atoms with Crippen molar-refractivity contribution in [1.29, 1.82) is 0 Å². The minimum atomic E-state index is -3.78. The number of halogens is 1. The molecule has 0 heterocycles. The number of nitrogens with one attached hydrogen (secondary N) is 1. The Labute approximate surface area is 104 Å². The van der Waals surface area contributed by atoms with Gasteiger partial charge in [0, 0.05) is 18.7 Å². The number of carbonyl (C=O) groups is 1. The van der Waals surface area contributed by atoms with Crippen LogP contribution in [-0.2, 0) is 14.8 Å². The Morgan fingerprint density at radius 1 is 1.41 bits per heavy atom. The van der Waals surface area contributed by atoms with Crippen LogP contribution in [0, 0.1) is 0 Å². The molecular formula is C9H12ClN3O3S. The molecule has 0 spiro atoms. The first-order chi connectivity index (χ1) is 7.83. The largest absolute Gasteiger partial charge is 0.399 e. The summed E-state index contributed by atoms with van der Waals surface area (Å²) in [7, 11) is -3.78. The first-order valence-electron chi connectivity index (χ1n) is 4.66. The van der Waals surface area contributed by atoms with Gasteiger partial charge in [0.15, 0.2) is 0 Å². The van der Waals surface area contributed by atoms with Gasteiger partial charge in [0.1, 0.15) is 4.90 Å². The average Bonchev–Trinajstić information content (AvgIpc) is 2.20. The van der Waals surface area contributed by atoms with E-state index >= 15 is 0 Å². The molecule has 5 N–H and O–H groups in total. The molecule has 1 rings (SSSR count). The van der Waals surface area contributed by atoms with Gasteiger partial charge in [-0.3, -0.25) is 4.79 Å². The van der Waals surface area contributed by atoms with Gasteiger partial charge < -0.3 is 11.5 Å². The molecule has 0 saturated carbocycles. The average molecular weight is 278 g/mol. The van der Waals surface area contributed by atoms with Gasteiger partial charge in [0.2, 0.25) is 15.9 Å². The van der Waals surface area contributed by atoms with Crippen LogP contribution in [0.2, 0.25) is 5.02 Å². The fourth-order valence-electron chi connectivity index (χ4n) is 1.11. The highest BCUT2D eigenvalue weighted by molar-refractivity contribution is 7.89. The molecule has 6 nitrogen and oxygen atoms in total. The Balaban J connectivity index is 2.89. The lowest BCUT2D eigenvalue weighted by atomic mass is 10.3. The van der Waals surface area contributed by atoms with Crippen LogP contribution in [0.3, 0.4) is 0 Å². The SMILES string of the molecule is NC(=O)CCNS(=O)(=O)c1cc(N)ccc1Cl. The van der Waals surface area contributed by atoms with E-state index in [4.69, 9.17) is 23.1 Å². The van der Waals surface area contributed by atoms with Crippen molar-refractivity contribution in [3.63, 3.8) is 0 Å². The third-order valence-corrected chi connectivity index (χ3v) is 3.85. The van der Waals surface area contributed by atoms with Gasteiger partial charge in [-0.25, -0.2) is 13.1 Å². The number of carbonyl (C=O) groups excluding carboxylic acids is 1. The summed E-state index contributed by atoms with van der Waals surface area (Å²) in [6, 6.07) is 4.12. The molecule has 1 aromatic carbocycles. The van der Waals surface area contributed by atoms with Gasteiger partial charge in [0.05, 0.1) is 5.02 Å². The number of benzene rings is 1. The Morgan fingerprint density at radius 2 is 2.06 bits per heavy atom. The first kappa shape index (κ1) is 13.8. The summed E-state index contributed by atoms with van der Waals surface area (Å²) >= 11 is 5.76. The molecule has 0 radical (unpaired) electrons. The fraction of sp³-hybridized carbons (Fsp3) is 0.222. The van der Waals surface area contributed by atoms with Gasteiger partial charge >= 0.3 is 0 Å². The Bertz CT molecular complexity index is 530. The van der Waals surface area contributed by atoms with Crippen LogP contribution in [0.1, 0.15) is 6.42 Å². The Kier molecular flexibility index (Phi) is 4.33. The molecular weight excluding hydrogens is 266 g/mol. The van der Waals surface area contributed by atoms with E-state index in [1.165, 1.54) is 18.2 Å². The highest BCUT2D eigenvalue weighted by Crippen LogP contribution is 2.23. The highest BCUT2D eigenvalue weighted by Gasteiger charge is 2.17. The lowest BCUT2D eigenvalue weighted by Crippen LogP contribution is -2.28. The molecule has 1 aromatic rings. The van der Waals surface area contributed by atoms with Crippen LogP contribution >= 0.6 is 11.6 Å². The van der Waals surface area contributed by atoms with Gasteiger partial charge in [-0.1, -0.05) is 11.6 Å². The number of amides is 1. The van der Waals surface area contributed by atoms with E-state index in [9.17, 15) is 13.2 Å². The van der Waals surface area contributed by atoms with Crippen molar-refractivity contribution in [2.75, 3.05) is 12.3 Å². The maximum absolute atomic E-state index is 11.8. The zero-order valence-corrected chi connectivity index (χ0v) is 10.4. The minimum Gasteiger partial charge on any atom is -0.399 e. The number of primary amides is 1. The van der Waals surface area contributed by atoms with Crippen molar-refractivity contribution in [2.45, 2.75) is 11.3 Å². The number of sulfonamides is 1. The molecule has 0 aromatic heterocycles. The molecule has 0 atom stereocenters. The topological polar surface area (TPSA) is 115 Å². The third-order valence-electron chi connectivity index (χ3n) is 1.91. The molecule has 94 valence electrons. The molecule has 1 amide bonds. The van der Waals surface area contributed by atoms with Gasteiger partial charge in [0.25, 0.3) is 0 Å². The summed E-state index contributed by atoms with van der Waals surface area (Å²) in [6.07, 6.45) is -0.0842. The Hall–Kier alpha value is -1.31. The summed E-state index contributed by atoms with van der Waals surface area (Å²) in [4.78, 5) is 10.4. The standard InChI is InChI=1S/C9H12ClN3O3S/c10-7-2-1-6(11)5-8(7)17(15,16)13-4-3-9(12)14/h1-2,5,13H,3-4,11H2,(H2,12,14). The summed E-state index contributed by atoms with van der Waals surface area (Å²) in [6.45, 7) is -0.0806. The predicted molar refractivity (Wildman–Crippen MR) is 64.9 cm³/mol.